The Bertz CT molecular complexity index is 1220. The normalized spacial score (nSPS) is 17.1. The Morgan fingerprint density at radius 3 is 2.10 bits per heavy atom. The summed E-state index contributed by atoms with van der Waals surface area (Å²) in [5.41, 5.74) is -0.893. The van der Waals surface area contributed by atoms with E-state index in [1.54, 1.807) is 27.7 Å². The first-order valence-electron chi connectivity index (χ1n) is 12.2. The third-order valence-corrected chi connectivity index (χ3v) is 6.41. The van der Waals surface area contributed by atoms with E-state index in [4.69, 9.17) is 14.2 Å². The number of amides is 2. The second-order valence-corrected chi connectivity index (χ2v) is 10.8. The molecule has 0 radical (unpaired) electrons. The zero-order valence-corrected chi connectivity index (χ0v) is 23.2. The summed E-state index contributed by atoms with van der Waals surface area (Å²) in [4.78, 5) is 26.9. The highest BCUT2D eigenvalue weighted by molar-refractivity contribution is 5.95. The van der Waals surface area contributed by atoms with Crippen molar-refractivity contribution in [1.82, 2.24) is 14.7 Å². The molecular formula is C26H34F4N4O5. The molecule has 0 fully saturated rings. The number of carbonyl (C=O) groups excluding carboxylic acids is 2. The van der Waals surface area contributed by atoms with Gasteiger partial charge in [-0.1, -0.05) is 0 Å². The number of ether oxygens (including phenoxy) is 3. The van der Waals surface area contributed by atoms with Gasteiger partial charge in [0.15, 0.2) is 0 Å². The largest absolute Gasteiger partial charge is 0.471 e. The molecule has 0 aliphatic carbocycles. The molecule has 2 heterocycles. The maximum absolute atomic E-state index is 14.4. The minimum absolute atomic E-state index is 0.00288. The second-order valence-electron chi connectivity index (χ2n) is 10.8. The predicted octanol–water partition coefficient (Wildman–Crippen LogP) is 4.97. The van der Waals surface area contributed by atoms with Crippen molar-refractivity contribution in [3.05, 3.63) is 40.3 Å². The summed E-state index contributed by atoms with van der Waals surface area (Å²) in [5, 5.41) is 6.60. The molecule has 39 heavy (non-hydrogen) atoms. The molecule has 3 rings (SSSR count). The molecule has 13 heteroatoms. The van der Waals surface area contributed by atoms with Crippen molar-refractivity contribution in [2.75, 3.05) is 39.3 Å². The zero-order valence-electron chi connectivity index (χ0n) is 23.2. The van der Waals surface area contributed by atoms with Crippen LogP contribution in [0.1, 0.15) is 56.1 Å². The Morgan fingerprint density at radius 1 is 1.10 bits per heavy atom. The van der Waals surface area contributed by atoms with Gasteiger partial charge in [0.1, 0.15) is 17.2 Å². The van der Waals surface area contributed by atoms with E-state index < -0.39 is 41.1 Å². The van der Waals surface area contributed by atoms with Gasteiger partial charge in [-0.05, 0) is 64.8 Å². The van der Waals surface area contributed by atoms with E-state index in [2.05, 4.69) is 5.10 Å². The van der Waals surface area contributed by atoms with Gasteiger partial charge >= 0.3 is 18.2 Å². The van der Waals surface area contributed by atoms with Crippen LogP contribution in [0, 0.1) is 19.7 Å². The van der Waals surface area contributed by atoms with E-state index >= 15 is 0 Å². The summed E-state index contributed by atoms with van der Waals surface area (Å²) >= 11 is 0. The molecule has 0 saturated heterocycles. The van der Waals surface area contributed by atoms with Crippen LogP contribution < -0.4 is 5.32 Å². The zero-order chi connectivity index (χ0) is 29.5. The summed E-state index contributed by atoms with van der Waals surface area (Å²) in [6.45, 7) is 9.65. The third kappa shape index (κ3) is 6.03. The molecule has 1 aromatic carbocycles. The number of anilines is 1. The maximum atomic E-state index is 14.4. The van der Waals surface area contributed by atoms with Crippen LogP contribution in [0.4, 0.5) is 28.2 Å². The number of carbonyl (C=O) groups is 2. The van der Waals surface area contributed by atoms with Gasteiger partial charge < -0.3 is 24.4 Å². The van der Waals surface area contributed by atoms with Crippen molar-refractivity contribution >= 4 is 17.8 Å². The molecule has 9 nitrogen and oxygen atoms in total. The summed E-state index contributed by atoms with van der Waals surface area (Å²) in [5.74, 6) is -3.02. The lowest BCUT2D eigenvalue weighted by Crippen LogP contribution is -2.55. The van der Waals surface area contributed by atoms with Crippen LogP contribution in [-0.4, -0.2) is 72.4 Å². The molecule has 0 bridgehead atoms. The first kappa shape index (κ1) is 30.4. The average Bonchev–Trinajstić information content (AvgIpc) is 3.18. The van der Waals surface area contributed by atoms with Gasteiger partial charge in [-0.15, -0.1) is 0 Å². The van der Waals surface area contributed by atoms with E-state index in [1.165, 1.54) is 45.1 Å². The Balaban J connectivity index is 2.37. The number of hydrogen-bond donors (Lipinski definition) is 1. The number of alkyl halides is 3. The fourth-order valence-corrected chi connectivity index (χ4v) is 4.81. The van der Waals surface area contributed by atoms with Crippen molar-refractivity contribution < 1.29 is 41.4 Å². The summed E-state index contributed by atoms with van der Waals surface area (Å²) in [7, 11) is 2.87. The summed E-state index contributed by atoms with van der Waals surface area (Å²) < 4.78 is 72.5. The number of halogens is 4. The van der Waals surface area contributed by atoms with Crippen molar-refractivity contribution in [3.8, 4) is 5.69 Å². The molecule has 2 aromatic rings. The van der Waals surface area contributed by atoms with Gasteiger partial charge in [0.25, 0.3) is 0 Å². The van der Waals surface area contributed by atoms with Crippen LogP contribution >= 0.6 is 0 Å². The van der Waals surface area contributed by atoms with E-state index in [0.717, 1.165) is 4.68 Å². The Kier molecular flexibility index (Phi) is 8.37. The minimum atomic E-state index is -5.21. The average molecular weight is 559 g/mol. The van der Waals surface area contributed by atoms with Crippen LogP contribution in [0.15, 0.2) is 12.1 Å². The SMILES string of the molecule is COCC1(COC)CN(C(=O)OC(C)(C)C)[C@@H](C)c2c1nn(-c1cc(C)c(F)c(C)c1)c2NC(=O)C(F)(F)F. The van der Waals surface area contributed by atoms with Crippen LogP contribution in [-0.2, 0) is 24.4 Å². The van der Waals surface area contributed by atoms with Gasteiger partial charge in [-0.3, -0.25) is 4.79 Å². The molecule has 1 aromatic heterocycles. The van der Waals surface area contributed by atoms with Gasteiger partial charge in [0.05, 0.1) is 36.1 Å². The van der Waals surface area contributed by atoms with Crippen molar-refractivity contribution in [2.24, 2.45) is 0 Å². The van der Waals surface area contributed by atoms with Crippen LogP contribution in [0.25, 0.3) is 5.69 Å². The highest BCUT2D eigenvalue weighted by Crippen LogP contribution is 2.45. The van der Waals surface area contributed by atoms with E-state index in [0.29, 0.717) is 0 Å². The number of nitrogens with zero attached hydrogens (tertiary/aromatic N) is 3. The molecule has 0 saturated carbocycles. The fraction of sp³-hybridized carbons (Fsp3) is 0.577. The summed E-state index contributed by atoms with van der Waals surface area (Å²) in [6, 6.07) is 1.94. The molecule has 0 spiro atoms. The van der Waals surface area contributed by atoms with Gasteiger partial charge in [0.2, 0.25) is 0 Å². The van der Waals surface area contributed by atoms with E-state index in [1.807, 2.05) is 5.32 Å². The quantitative estimate of drug-likeness (QED) is 0.503. The smallest absolute Gasteiger partial charge is 0.444 e. The molecule has 2 amide bonds. The Morgan fingerprint density at radius 2 is 1.64 bits per heavy atom. The minimum Gasteiger partial charge on any atom is -0.444 e. The molecule has 1 N–H and O–H groups in total. The van der Waals surface area contributed by atoms with Crippen molar-refractivity contribution in [1.29, 1.82) is 0 Å². The molecular weight excluding hydrogens is 524 g/mol. The maximum Gasteiger partial charge on any atom is 0.471 e. The first-order valence-corrected chi connectivity index (χ1v) is 12.2. The monoisotopic (exact) mass is 558 g/mol. The van der Waals surface area contributed by atoms with Gasteiger partial charge in [-0.25, -0.2) is 13.9 Å². The highest BCUT2D eigenvalue weighted by atomic mass is 19.4. The Labute approximate surface area is 224 Å². The summed E-state index contributed by atoms with van der Waals surface area (Å²) in [6.07, 6.45) is -5.93. The number of aryl methyl sites for hydroxylation is 2. The third-order valence-electron chi connectivity index (χ3n) is 6.41. The molecule has 1 aliphatic heterocycles. The number of rotatable bonds is 6. The van der Waals surface area contributed by atoms with Gasteiger partial charge in [0, 0.05) is 26.3 Å². The Hall–Kier alpha value is -3.19. The van der Waals surface area contributed by atoms with Crippen molar-refractivity contribution in [3.63, 3.8) is 0 Å². The number of benzene rings is 1. The number of methoxy groups -OCH3 is 2. The molecule has 216 valence electrons. The van der Waals surface area contributed by atoms with Crippen LogP contribution in [0.5, 0.6) is 0 Å². The van der Waals surface area contributed by atoms with Crippen LogP contribution in [0.3, 0.4) is 0 Å². The van der Waals surface area contributed by atoms with Crippen molar-refractivity contribution in [2.45, 2.75) is 64.8 Å². The van der Waals surface area contributed by atoms with Crippen LogP contribution in [0.2, 0.25) is 0 Å². The highest BCUT2D eigenvalue weighted by Gasteiger charge is 2.50. The molecule has 0 unspecified atom stereocenters. The lowest BCUT2D eigenvalue weighted by Gasteiger charge is -2.44. The number of nitrogens with one attached hydrogen (secondary N) is 1. The number of fused-ring (bicyclic) bond motifs is 1. The second kappa shape index (κ2) is 10.8. The first-order chi connectivity index (χ1) is 18.0. The van der Waals surface area contributed by atoms with E-state index in [9.17, 15) is 27.2 Å². The predicted molar refractivity (Wildman–Crippen MR) is 134 cm³/mol. The van der Waals surface area contributed by atoms with E-state index in [-0.39, 0.29) is 53.6 Å². The lowest BCUT2D eigenvalue weighted by molar-refractivity contribution is -0.167. The lowest BCUT2D eigenvalue weighted by atomic mass is 9.78. The number of aromatic nitrogens is 2. The molecule has 1 atom stereocenters. The number of hydrogen-bond acceptors (Lipinski definition) is 6. The molecule has 1 aliphatic rings. The standard InChI is InChI=1S/C26H34F4N4O5/c1-14-9-17(10-15(2)19(14)27)34-21(31-22(35)26(28,29)30)18-16(3)33(23(36)39-24(4,5)6)11-25(12-37-7,13-38-8)20(18)32-34/h9-10,16H,11-13H2,1-8H3,(H,31,35)/t16-/m0/s1. The topological polar surface area (TPSA) is 94.9 Å². The van der Waals surface area contributed by atoms with Gasteiger partial charge in [-0.2, -0.15) is 18.3 Å². The fourth-order valence-electron chi connectivity index (χ4n) is 4.81.